The third kappa shape index (κ3) is 5.50. The highest BCUT2D eigenvalue weighted by Gasteiger charge is 2.08. The summed E-state index contributed by atoms with van der Waals surface area (Å²) in [5, 5.41) is 0. The third-order valence-corrected chi connectivity index (χ3v) is 2.73. The van der Waals surface area contributed by atoms with Crippen LogP contribution in [0.4, 0.5) is 0 Å². The molecule has 1 saturated heterocycles. The molecule has 78 valence electrons. The van der Waals surface area contributed by atoms with Crippen molar-refractivity contribution in [3.05, 3.63) is 0 Å². The van der Waals surface area contributed by atoms with Crippen molar-refractivity contribution in [1.29, 1.82) is 0 Å². The molecule has 0 N–H and O–H groups in total. The summed E-state index contributed by atoms with van der Waals surface area (Å²) in [6.07, 6.45) is 5.10. The van der Waals surface area contributed by atoms with Gasteiger partial charge in [-0.25, -0.2) is 0 Å². The van der Waals surface area contributed by atoms with Gasteiger partial charge in [0.2, 0.25) is 0 Å². The van der Waals surface area contributed by atoms with Gasteiger partial charge in [0.15, 0.2) is 0 Å². The zero-order chi connectivity index (χ0) is 9.36. The first-order valence-electron chi connectivity index (χ1n) is 5.29. The summed E-state index contributed by atoms with van der Waals surface area (Å²) >= 11 is 5.60. The third-order valence-electron chi connectivity index (χ3n) is 2.46. The molecule has 1 rings (SSSR count). The Balaban J connectivity index is 1.86. The Kier molecular flexibility index (Phi) is 6.60. The van der Waals surface area contributed by atoms with E-state index in [9.17, 15) is 0 Å². The molecule has 2 nitrogen and oxygen atoms in total. The van der Waals surface area contributed by atoms with E-state index < -0.39 is 0 Å². The number of halogens is 1. The highest BCUT2D eigenvalue weighted by molar-refractivity contribution is 6.17. The van der Waals surface area contributed by atoms with Crippen molar-refractivity contribution in [1.82, 2.24) is 4.90 Å². The average molecular weight is 206 g/mol. The lowest BCUT2D eigenvalue weighted by Gasteiger charge is -2.26. The molecule has 0 saturated carbocycles. The first kappa shape index (κ1) is 11.3. The van der Waals surface area contributed by atoms with Crippen LogP contribution in [0.25, 0.3) is 0 Å². The second kappa shape index (κ2) is 7.60. The molecule has 0 aromatic carbocycles. The summed E-state index contributed by atoms with van der Waals surface area (Å²) in [7, 11) is 0. The average Bonchev–Trinajstić information content (AvgIpc) is 2.19. The van der Waals surface area contributed by atoms with Crippen LogP contribution >= 0.6 is 11.6 Å². The van der Waals surface area contributed by atoms with Gasteiger partial charge in [0, 0.05) is 19.0 Å². The lowest BCUT2D eigenvalue weighted by molar-refractivity contribution is 0.0371. The molecule has 0 aromatic rings. The monoisotopic (exact) mass is 205 g/mol. The van der Waals surface area contributed by atoms with Gasteiger partial charge in [0.05, 0.1) is 13.2 Å². The molecule has 1 heterocycles. The molecule has 13 heavy (non-hydrogen) atoms. The molecule has 3 heteroatoms. The normalized spacial score (nSPS) is 19.2. The van der Waals surface area contributed by atoms with Crippen LogP contribution < -0.4 is 0 Å². The molecule has 0 aromatic heterocycles. The van der Waals surface area contributed by atoms with E-state index in [0.29, 0.717) is 0 Å². The summed E-state index contributed by atoms with van der Waals surface area (Å²) in [4.78, 5) is 2.49. The Bertz CT molecular complexity index is 115. The van der Waals surface area contributed by atoms with Crippen LogP contribution in [-0.2, 0) is 4.74 Å². The number of unbranched alkanes of at least 4 members (excludes halogenated alkanes) is 3. The van der Waals surface area contributed by atoms with Gasteiger partial charge in [-0.15, -0.1) is 11.6 Å². The van der Waals surface area contributed by atoms with Crippen LogP contribution in [0, 0.1) is 0 Å². The van der Waals surface area contributed by atoms with Crippen LogP contribution in [0.1, 0.15) is 25.7 Å². The minimum absolute atomic E-state index is 0.817. The van der Waals surface area contributed by atoms with Crippen LogP contribution in [0.2, 0.25) is 0 Å². The zero-order valence-electron chi connectivity index (χ0n) is 8.30. The SMILES string of the molecule is ClCCCCCCN1CCOCC1. The molecule has 0 atom stereocenters. The standard InChI is InChI=1S/C10H20ClNO/c11-5-3-1-2-4-6-12-7-9-13-10-8-12/h1-10H2. The first-order chi connectivity index (χ1) is 6.43. The van der Waals surface area contributed by atoms with Crippen LogP contribution in [0.15, 0.2) is 0 Å². The second-order valence-electron chi connectivity index (χ2n) is 3.56. The summed E-state index contributed by atoms with van der Waals surface area (Å²) in [6.45, 7) is 5.32. The van der Waals surface area contributed by atoms with Crippen molar-refractivity contribution in [3.8, 4) is 0 Å². The Morgan fingerprint density at radius 3 is 2.38 bits per heavy atom. The van der Waals surface area contributed by atoms with Crippen molar-refractivity contribution in [2.45, 2.75) is 25.7 Å². The van der Waals surface area contributed by atoms with E-state index in [1.54, 1.807) is 0 Å². The van der Waals surface area contributed by atoms with Gasteiger partial charge in [-0.1, -0.05) is 12.8 Å². The van der Waals surface area contributed by atoms with E-state index in [0.717, 1.165) is 32.2 Å². The highest BCUT2D eigenvalue weighted by Crippen LogP contribution is 2.04. The lowest BCUT2D eigenvalue weighted by atomic mass is 10.2. The zero-order valence-corrected chi connectivity index (χ0v) is 9.06. The molecule has 1 aliphatic heterocycles. The van der Waals surface area contributed by atoms with Gasteiger partial charge < -0.3 is 4.74 Å². The summed E-state index contributed by atoms with van der Waals surface area (Å²) < 4.78 is 5.29. The molecule has 1 aliphatic rings. The van der Waals surface area contributed by atoms with E-state index in [2.05, 4.69) is 4.90 Å². The van der Waals surface area contributed by atoms with Gasteiger partial charge in [-0.3, -0.25) is 4.90 Å². The van der Waals surface area contributed by atoms with E-state index in [1.165, 1.54) is 32.2 Å². The maximum atomic E-state index is 5.60. The molecular formula is C10H20ClNO. The fraction of sp³-hybridized carbons (Fsp3) is 1.00. The predicted octanol–water partition coefficient (Wildman–Crippen LogP) is 2.12. The van der Waals surface area contributed by atoms with E-state index in [4.69, 9.17) is 16.3 Å². The first-order valence-corrected chi connectivity index (χ1v) is 5.83. The van der Waals surface area contributed by atoms with Crippen molar-refractivity contribution in [2.75, 3.05) is 38.7 Å². The number of alkyl halides is 1. The van der Waals surface area contributed by atoms with Gasteiger partial charge >= 0.3 is 0 Å². The molecule has 0 amide bonds. The van der Waals surface area contributed by atoms with Gasteiger partial charge in [0.25, 0.3) is 0 Å². The molecular weight excluding hydrogens is 186 g/mol. The Morgan fingerprint density at radius 2 is 1.69 bits per heavy atom. The Morgan fingerprint density at radius 1 is 1.00 bits per heavy atom. The van der Waals surface area contributed by atoms with Crippen LogP contribution in [0.3, 0.4) is 0 Å². The van der Waals surface area contributed by atoms with Crippen LogP contribution in [-0.4, -0.2) is 43.6 Å². The second-order valence-corrected chi connectivity index (χ2v) is 3.94. The number of hydrogen-bond acceptors (Lipinski definition) is 2. The number of rotatable bonds is 6. The van der Waals surface area contributed by atoms with Crippen LogP contribution in [0.5, 0.6) is 0 Å². The Hall–Kier alpha value is 0.210. The largest absolute Gasteiger partial charge is 0.379 e. The lowest BCUT2D eigenvalue weighted by Crippen LogP contribution is -2.36. The number of ether oxygens (including phenoxy) is 1. The number of nitrogens with zero attached hydrogens (tertiary/aromatic N) is 1. The maximum Gasteiger partial charge on any atom is 0.0594 e. The van der Waals surface area contributed by atoms with Gasteiger partial charge in [-0.05, 0) is 19.4 Å². The van der Waals surface area contributed by atoms with Gasteiger partial charge in [0.1, 0.15) is 0 Å². The topological polar surface area (TPSA) is 12.5 Å². The van der Waals surface area contributed by atoms with E-state index in [-0.39, 0.29) is 0 Å². The molecule has 0 unspecified atom stereocenters. The minimum Gasteiger partial charge on any atom is -0.379 e. The van der Waals surface area contributed by atoms with Crippen molar-refractivity contribution < 1.29 is 4.74 Å². The van der Waals surface area contributed by atoms with Crippen molar-refractivity contribution >= 4 is 11.6 Å². The van der Waals surface area contributed by atoms with E-state index >= 15 is 0 Å². The van der Waals surface area contributed by atoms with E-state index in [1.807, 2.05) is 0 Å². The fourth-order valence-corrected chi connectivity index (χ4v) is 1.80. The smallest absolute Gasteiger partial charge is 0.0594 e. The van der Waals surface area contributed by atoms with Gasteiger partial charge in [-0.2, -0.15) is 0 Å². The molecule has 0 aliphatic carbocycles. The highest BCUT2D eigenvalue weighted by atomic mass is 35.5. The molecule has 0 bridgehead atoms. The van der Waals surface area contributed by atoms with Crippen molar-refractivity contribution in [2.24, 2.45) is 0 Å². The summed E-state index contributed by atoms with van der Waals surface area (Å²) in [6, 6.07) is 0. The summed E-state index contributed by atoms with van der Waals surface area (Å²) in [5.41, 5.74) is 0. The molecule has 1 fully saturated rings. The number of morpholine rings is 1. The summed E-state index contributed by atoms with van der Waals surface area (Å²) in [5.74, 6) is 0.817. The Labute approximate surface area is 86.2 Å². The predicted molar refractivity (Wildman–Crippen MR) is 56.4 cm³/mol. The quantitative estimate of drug-likeness (QED) is 0.487. The van der Waals surface area contributed by atoms with Crippen molar-refractivity contribution in [3.63, 3.8) is 0 Å². The molecule has 0 spiro atoms. The molecule has 0 radical (unpaired) electrons. The number of hydrogen-bond donors (Lipinski definition) is 0. The fourth-order valence-electron chi connectivity index (χ4n) is 1.61. The minimum atomic E-state index is 0.817. The maximum absolute atomic E-state index is 5.60.